The van der Waals surface area contributed by atoms with Gasteiger partial charge in [0, 0.05) is 0 Å². The lowest BCUT2D eigenvalue weighted by atomic mass is 9.99. The third-order valence-corrected chi connectivity index (χ3v) is 5.71. The van der Waals surface area contributed by atoms with Crippen LogP contribution in [-0.2, 0) is 0 Å². The first-order valence-electron chi connectivity index (χ1n) is 11.8. The Morgan fingerprint density at radius 1 is 0.639 bits per heavy atom. The second-order valence-corrected chi connectivity index (χ2v) is 8.71. The third kappa shape index (κ3) is 6.70. The number of rotatable bonds is 5. The van der Waals surface area contributed by atoms with Crippen LogP contribution in [0.3, 0.4) is 0 Å². The van der Waals surface area contributed by atoms with Gasteiger partial charge in [0.05, 0.1) is 11.4 Å². The number of aromatic hydroxyl groups is 1. The van der Waals surface area contributed by atoms with Crippen LogP contribution in [0.2, 0.25) is 0 Å². The summed E-state index contributed by atoms with van der Waals surface area (Å²) in [5, 5.41) is 19.5. The fourth-order valence-electron chi connectivity index (χ4n) is 3.92. The van der Waals surface area contributed by atoms with E-state index in [-0.39, 0.29) is 0 Å². The number of fused-ring (bicyclic) bond motifs is 1. The Hall–Kier alpha value is -4.64. The van der Waals surface area contributed by atoms with E-state index in [1.807, 2.05) is 67.6 Å². The summed E-state index contributed by atoms with van der Waals surface area (Å²) < 4.78 is 0. The summed E-state index contributed by atoms with van der Waals surface area (Å²) >= 11 is 0. The molecule has 5 nitrogen and oxygen atoms in total. The van der Waals surface area contributed by atoms with E-state index >= 15 is 0 Å². The van der Waals surface area contributed by atoms with Gasteiger partial charge in [0.1, 0.15) is 5.75 Å². The number of hydrogen-bond acceptors (Lipinski definition) is 4. The van der Waals surface area contributed by atoms with Gasteiger partial charge in [-0.15, -0.1) is 5.11 Å². The summed E-state index contributed by atoms with van der Waals surface area (Å²) in [4.78, 5) is 0. The van der Waals surface area contributed by atoms with Crippen LogP contribution in [0.1, 0.15) is 16.7 Å². The summed E-state index contributed by atoms with van der Waals surface area (Å²) in [6.45, 7) is 6.25. The molecule has 0 spiro atoms. The van der Waals surface area contributed by atoms with Gasteiger partial charge < -0.3 is 5.11 Å². The summed E-state index contributed by atoms with van der Waals surface area (Å²) in [6, 6.07) is 36.0. The van der Waals surface area contributed by atoms with Gasteiger partial charge in [-0.1, -0.05) is 83.6 Å². The predicted octanol–water partition coefficient (Wildman–Crippen LogP) is 8.44. The zero-order valence-corrected chi connectivity index (χ0v) is 20.7. The Morgan fingerprint density at radius 3 is 2.14 bits per heavy atom. The van der Waals surface area contributed by atoms with E-state index in [0.29, 0.717) is 5.75 Å². The van der Waals surface area contributed by atoms with Gasteiger partial charge >= 0.3 is 0 Å². The zero-order chi connectivity index (χ0) is 25.3. The van der Waals surface area contributed by atoms with Crippen molar-refractivity contribution in [1.29, 1.82) is 0 Å². The topological polar surface area (TPSA) is 69.0 Å². The minimum Gasteiger partial charge on any atom is -0.508 e. The molecule has 0 aliphatic carbocycles. The van der Waals surface area contributed by atoms with Crippen molar-refractivity contribution in [3.8, 4) is 16.9 Å². The standard InChI is InChI=1S/C21H22N4.C10H8O/c1-15-6-4-8-18(12-15)21-11-10-20(14-17(21)3)23-25-24-22-19-9-5-7-16(2)13-19;11-10-6-5-8-3-1-2-4-9(8)7-10/h4-14H,1-3H3,(H,22,25)(H,23,24);1-7,11H. The molecule has 0 bridgehead atoms. The normalized spacial score (nSPS) is 10.6. The highest BCUT2D eigenvalue weighted by Crippen LogP contribution is 2.26. The van der Waals surface area contributed by atoms with Crippen molar-refractivity contribution in [2.75, 3.05) is 5.43 Å². The Labute approximate surface area is 212 Å². The second kappa shape index (κ2) is 11.7. The van der Waals surface area contributed by atoms with Gasteiger partial charge in [-0.25, -0.2) is 5.53 Å². The van der Waals surface area contributed by atoms with E-state index in [4.69, 9.17) is 5.11 Å². The molecule has 0 aliphatic heterocycles. The molecule has 0 amide bonds. The molecular formula is C31H30N4O. The first kappa shape index (κ1) is 24.5. The highest BCUT2D eigenvalue weighted by molar-refractivity contribution is 5.83. The molecule has 0 aliphatic rings. The maximum absolute atomic E-state index is 9.13. The minimum atomic E-state index is 0.323. The smallest absolute Gasteiger partial charge is 0.116 e. The Morgan fingerprint density at radius 2 is 1.39 bits per heavy atom. The van der Waals surface area contributed by atoms with E-state index in [1.165, 1.54) is 22.3 Å². The Bertz CT molecular complexity index is 1490. The van der Waals surface area contributed by atoms with Crippen LogP contribution in [0, 0.1) is 20.8 Å². The van der Waals surface area contributed by atoms with Gasteiger partial charge in [0.15, 0.2) is 0 Å². The molecule has 180 valence electrons. The maximum Gasteiger partial charge on any atom is 0.116 e. The zero-order valence-electron chi connectivity index (χ0n) is 20.7. The van der Waals surface area contributed by atoms with Crippen molar-refractivity contribution in [1.82, 2.24) is 5.53 Å². The molecule has 0 heterocycles. The highest BCUT2D eigenvalue weighted by atomic mass is 16.3. The van der Waals surface area contributed by atoms with Crippen LogP contribution in [0.15, 0.2) is 120 Å². The largest absolute Gasteiger partial charge is 0.508 e. The molecule has 5 heteroatoms. The Balaban J connectivity index is 0.000000229. The van der Waals surface area contributed by atoms with Gasteiger partial charge in [0.25, 0.3) is 0 Å². The Kier molecular flexibility index (Phi) is 7.94. The summed E-state index contributed by atoms with van der Waals surface area (Å²) in [5.74, 6) is 0.323. The molecule has 0 aromatic heterocycles. The number of aryl methyl sites for hydroxylation is 3. The van der Waals surface area contributed by atoms with Crippen molar-refractivity contribution in [3.63, 3.8) is 0 Å². The summed E-state index contributed by atoms with van der Waals surface area (Å²) in [7, 11) is 0. The number of nitrogens with one attached hydrogen (secondary N) is 2. The van der Waals surface area contributed by atoms with Crippen molar-refractivity contribution >= 4 is 22.1 Å². The molecular weight excluding hydrogens is 444 g/mol. The third-order valence-electron chi connectivity index (χ3n) is 5.71. The average molecular weight is 475 g/mol. The molecule has 3 N–H and O–H groups in total. The van der Waals surface area contributed by atoms with Crippen LogP contribution >= 0.6 is 0 Å². The first-order chi connectivity index (χ1) is 17.5. The number of hydrazine groups is 1. The number of hydrogen-bond donors (Lipinski definition) is 3. The van der Waals surface area contributed by atoms with E-state index in [0.717, 1.165) is 27.7 Å². The monoisotopic (exact) mass is 474 g/mol. The number of anilines is 1. The molecule has 5 aromatic carbocycles. The quantitative estimate of drug-likeness (QED) is 0.177. The molecule has 5 aromatic rings. The summed E-state index contributed by atoms with van der Waals surface area (Å²) in [6.07, 6.45) is 0. The van der Waals surface area contributed by atoms with Crippen LogP contribution in [0.25, 0.3) is 21.9 Å². The van der Waals surface area contributed by atoms with Crippen LogP contribution < -0.4 is 11.0 Å². The van der Waals surface area contributed by atoms with Crippen LogP contribution in [-0.4, -0.2) is 5.11 Å². The first-order valence-corrected chi connectivity index (χ1v) is 11.8. The lowest BCUT2D eigenvalue weighted by Gasteiger charge is -2.10. The van der Waals surface area contributed by atoms with Crippen molar-refractivity contribution in [2.45, 2.75) is 20.8 Å². The van der Waals surface area contributed by atoms with E-state index in [1.54, 1.807) is 12.1 Å². The van der Waals surface area contributed by atoms with Crippen LogP contribution in [0.4, 0.5) is 11.4 Å². The van der Waals surface area contributed by atoms with E-state index in [9.17, 15) is 0 Å². The van der Waals surface area contributed by atoms with Gasteiger partial charge in [-0.3, -0.25) is 5.43 Å². The number of nitrogens with zero attached hydrogens (tertiary/aromatic N) is 2. The van der Waals surface area contributed by atoms with Gasteiger partial charge in [0.2, 0.25) is 0 Å². The predicted molar refractivity (Wildman–Crippen MR) is 149 cm³/mol. The molecule has 0 saturated heterocycles. The van der Waals surface area contributed by atoms with Crippen molar-refractivity contribution < 1.29 is 5.11 Å². The number of benzene rings is 5. The van der Waals surface area contributed by atoms with Gasteiger partial charge in [-0.2, -0.15) is 0 Å². The van der Waals surface area contributed by atoms with Crippen LogP contribution in [0.5, 0.6) is 5.75 Å². The molecule has 0 fully saturated rings. The highest BCUT2D eigenvalue weighted by Gasteiger charge is 2.03. The summed E-state index contributed by atoms with van der Waals surface area (Å²) in [5.41, 5.74) is 13.7. The second-order valence-electron chi connectivity index (χ2n) is 8.71. The van der Waals surface area contributed by atoms with Gasteiger partial charge in [-0.05, 0) is 90.2 Å². The van der Waals surface area contributed by atoms with Crippen molar-refractivity contribution in [3.05, 3.63) is 126 Å². The molecule has 5 rings (SSSR count). The fourth-order valence-corrected chi connectivity index (χ4v) is 3.92. The molecule has 0 radical (unpaired) electrons. The molecule has 36 heavy (non-hydrogen) atoms. The minimum absolute atomic E-state index is 0.323. The van der Waals surface area contributed by atoms with E-state index in [2.05, 4.69) is 71.5 Å². The van der Waals surface area contributed by atoms with E-state index < -0.39 is 0 Å². The van der Waals surface area contributed by atoms with Crippen molar-refractivity contribution in [2.24, 2.45) is 10.3 Å². The lowest BCUT2D eigenvalue weighted by Crippen LogP contribution is -2.13. The average Bonchev–Trinajstić information content (AvgIpc) is 2.87. The SMILES string of the molecule is Cc1cccc(N=NNNc2ccc(-c3cccc(C)c3)c(C)c2)c1.Oc1ccc2ccccc2c1. The number of phenols is 1. The molecule has 0 atom stereocenters. The lowest BCUT2D eigenvalue weighted by molar-refractivity contribution is 0.476. The molecule has 0 saturated carbocycles. The maximum atomic E-state index is 9.13. The fraction of sp³-hybridized carbons (Fsp3) is 0.0968. The number of phenolic OH excluding ortho intramolecular Hbond substituents is 1. The molecule has 0 unspecified atom stereocenters.